The van der Waals surface area contributed by atoms with E-state index < -0.39 is 39.5 Å². The van der Waals surface area contributed by atoms with E-state index in [2.05, 4.69) is 53.3 Å². The summed E-state index contributed by atoms with van der Waals surface area (Å²) in [5, 5.41) is 16.2. The summed E-state index contributed by atoms with van der Waals surface area (Å²) in [4.78, 5) is 72.5. The van der Waals surface area contributed by atoms with Gasteiger partial charge in [0.1, 0.15) is 6.04 Å². The summed E-state index contributed by atoms with van der Waals surface area (Å²) in [6.45, 7) is 7.37. The van der Waals surface area contributed by atoms with E-state index in [1.165, 1.54) is 6.26 Å². The Bertz CT molecular complexity index is 2780. The highest BCUT2D eigenvalue weighted by Gasteiger charge is 2.44. The quantitative estimate of drug-likeness (QED) is 0.0512. The van der Waals surface area contributed by atoms with Gasteiger partial charge in [-0.1, -0.05) is 18.2 Å². The van der Waals surface area contributed by atoms with Crippen molar-refractivity contribution in [3.05, 3.63) is 96.1 Å². The third kappa shape index (κ3) is 12.7. The lowest BCUT2D eigenvalue weighted by Crippen LogP contribution is -2.54. The molecule has 0 aliphatic carbocycles. The maximum Gasteiger partial charge on any atom is 0.262 e. The summed E-state index contributed by atoms with van der Waals surface area (Å²) >= 11 is 0. The first-order chi connectivity index (χ1) is 33.9. The molecule has 22 heteroatoms. The zero-order valence-corrected chi connectivity index (χ0v) is 39.6. The van der Waals surface area contributed by atoms with Crippen molar-refractivity contribution in [3.8, 4) is 11.3 Å². The molecule has 8 rings (SSSR count). The Labute approximate surface area is 404 Å². The molecule has 0 radical (unpaired) electrons. The molecule has 5 amide bonds. The molecule has 5 aromatic rings. The first-order valence-corrected chi connectivity index (χ1v) is 25.0. The van der Waals surface area contributed by atoms with Crippen LogP contribution in [0.5, 0.6) is 0 Å². The molecule has 3 aromatic carbocycles. The Kier molecular flexibility index (Phi) is 16.4. The molecule has 5 heterocycles. The molecule has 2 saturated heterocycles. The lowest BCUT2D eigenvalue weighted by Gasteiger charge is -2.35. The van der Waals surface area contributed by atoms with Gasteiger partial charge < -0.3 is 39.8 Å². The molecule has 1 atom stereocenters. The molecule has 370 valence electrons. The van der Waals surface area contributed by atoms with Crippen molar-refractivity contribution < 1.29 is 51.3 Å². The van der Waals surface area contributed by atoms with Gasteiger partial charge >= 0.3 is 0 Å². The molecule has 1 unspecified atom stereocenters. The van der Waals surface area contributed by atoms with Gasteiger partial charge in [-0.25, -0.2) is 12.9 Å². The van der Waals surface area contributed by atoms with Crippen molar-refractivity contribution in [2.75, 3.05) is 120 Å². The molecule has 2 fully saturated rings. The number of rotatable bonds is 24. The van der Waals surface area contributed by atoms with Crippen LogP contribution < -0.4 is 26.2 Å². The molecular formula is C48H56N10O11S. The lowest BCUT2D eigenvalue weighted by molar-refractivity contribution is -0.136. The number of fused-ring (bicyclic) bond motifs is 2. The van der Waals surface area contributed by atoms with Crippen LogP contribution in [0.3, 0.4) is 0 Å². The number of carbonyl (C=O) groups excluding carboxylic acids is 5. The number of hydrogen-bond acceptors (Lipinski definition) is 17. The Morgan fingerprint density at radius 3 is 2.06 bits per heavy atom. The molecule has 0 spiro atoms. The average molecular weight is 981 g/mol. The minimum atomic E-state index is -3.30. The fourth-order valence-electron chi connectivity index (χ4n) is 8.23. The van der Waals surface area contributed by atoms with Crippen molar-refractivity contribution in [1.82, 2.24) is 35.0 Å². The largest absolute Gasteiger partial charge is 0.383 e. The molecule has 0 bridgehead atoms. The molecular weight excluding hydrogens is 925 g/mol. The van der Waals surface area contributed by atoms with Crippen LogP contribution in [0.4, 0.5) is 23.0 Å². The summed E-state index contributed by atoms with van der Waals surface area (Å²) in [5.41, 5.74) is 5.23. The van der Waals surface area contributed by atoms with Crippen LogP contribution in [-0.4, -0.2) is 173 Å². The standard InChI is InChI=1S/C48H56N10O11S/c1-70(64,65)37-12-5-33(6-13-37)40-3-2-4-42-52-48(54-58(40)42)51-34-7-10-36(11-8-34)56-21-19-55(20-22-56)32-44(60)50-18-24-67-26-28-69-30-29-68-27-25-66-23-17-49-35-9-14-38-39(31-35)47(63)57(46(38)62)41-15-16-43(59)53-45(41)61/h2-14,31,41,49H,15-30,32H2,1H3,(H,50,60)(H,51,54)(H,53,59,61). The van der Waals surface area contributed by atoms with Crippen LogP contribution in [-0.2, 0) is 43.2 Å². The topological polar surface area (TPSA) is 244 Å². The Balaban J connectivity index is 0.617. The minimum Gasteiger partial charge on any atom is -0.383 e. The zero-order chi connectivity index (χ0) is 49.0. The van der Waals surface area contributed by atoms with Crippen molar-refractivity contribution in [2.24, 2.45) is 0 Å². The second kappa shape index (κ2) is 23.2. The number of nitrogens with one attached hydrogen (secondary N) is 4. The number of piperidine rings is 1. The minimum absolute atomic E-state index is 0.0456. The van der Waals surface area contributed by atoms with E-state index in [4.69, 9.17) is 18.9 Å². The van der Waals surface area contributed by atoms with E-state index in [-0.39, 0.29) is 34.8 Å². The maximum absolute atomic E-state index is 13.0. The lowest BCUT2D eigenvalue weighted by atomic mass is 10.0. The number of sulfone groups is 1. The van der Waals surface area contributed by atoms with Crippen molar-refractivity contribution >= 4 is 68.0 Å². The third-order valence-corrected chi connectivity index (χ3v) is 13.0. The number of amides is 5. The number of carbonyl (C=O) groups is 5. The number of benzene rings is 3. The molecule has 2 aromatic heterocycles. The van der Waals surface area contributed by atoms with E-state index in [0.717, 1.165) is 53.7 Å². The predicted octanol–water partition coefficient (Wildman–Crippen LogP) is 2.36. The van der Waals surface area contributed by atoms with Crippen LogP contribution >= 0.6 is 0 Å². The number of aromatic nitrogens is 3. The maximum atomic E-state index is 13.0. The molecule has 21 nitrogen and oxygen atoms in total. The van der Waals surface area contributed by atoms with E-state index >= 15 is 0 Å². The van der Waals surface area contributed by atoms with Crippen molar-refractivity contribution in [3.63, 3.8) is 0 Å². The number of anilines is 4. The van der Waals surface area contributed by atoms with Gasteiger partial charge in [-0.3, -0.25) is 39.1 Å². The average Bonchev–Trinajstić information content (AvgIpc) is 3.87. The molecule has 4 N–H and O–H groups in total. The van der Waals surface area contributed by atoms with Gasteiger partial charge in [-0.15, -0.1) is 5.10 Å². The van der Waals surface area contributed by atoms with Crippen LogP contribution in [0.25, 0.3) is 16.9 Å². The van der Waals surface area contributed by atoms with E-state index in [1.807, 2.05) is 30.3 Å². The molecule has 3 aliphatic rings. The van der Waals surface area contributed by atoms with E-state index in [0.29, 0.717) is 89.8 Å². The number of nitrogens with zero attached hydrogens (tertiary/aromatic N) is 6. The monoisotopic (exact) mass is 980 g/mol. The Morgan fingerprint density at radius 1 is 0.743 bits per heavy atom. The summed E-state index contributed by atoms with van der Waals surface area (Å²) < 4.78 is 47.9. The molecule has 3 aliphatic heterocycles. The second-order valence-corrected chi connectivity index (χ2v) is 18.8. The van der Waals surface area contributed by atoms with Gasteiger partial charge in [-0.05, 0) is 73.2 Å². The van der Waals surface area contributed by atoms with Gasteiger partial charge in [-0.2, -0.15) is 4.98 Å². The number of imide groups is 2. The fourth-order valence-corrected chi connectivity index (χ4v) is 8.86. The molecule has 70 heavy (non-hydrogen) atoms. The van der Waals surface area contributed by atoms with Crippen LogP contribution in [0.1, 0.15) is 33.6 Å². The van der Waals surface area contributed by atoms with Crippen molar-refractivity contribution in [2.45, 2.75) is 23.8 Å². The summed E-state index contributed by atoms with van der Waals surface area (Å²) in [7, 11) is -3.30. The van der Waals surface area contributed by atoms with E-state index in [9.17, 15) is 32.4 Å². The Hall–Kier alpha value is -6.82. The third-order valence-electron chi connectivity index (χ3n) is 11.9. The summed E-state index contributed by atoms with van der Waals surface area (Å²) in [6.07, 6.45) is 1.35. The van der Waals surface area contributed by atoms with Gasteiger partial charge in [0.05, 0.1) is 81.1 Å². The predicted molar refractivity (Wildman–Crippen MR) is 258 cm³/mol. The van der Waals surface area contributed by atoms with Gasteiger partial charge in [0, 0.05) is 74.6 Å². The number of ether oxygens (including phenoxy) is 4. The SMILES string of the molecule is CS(=O)(=O)c1ccc(-c2cccc3nc(Nc4ccc(N5CCN(CC(=O)NCCOCCOCCOCCOCCNc6ccc7c(c6)C(=O)N(C6CCC(=O)NC6=O)C7=O)CC5)cc4)nn23)cc1. The Morgan fingerprint density at radius 2 is 1.39 bits per heavy atom. The fraction of sp³-hybridized carbons (Fsp3) is 0.396. The highest BCUT2D eigenvalue weighted by atomic mass is 32.2. The second-order valence-electron chi connectivity index (χ2n) is 16.8. The highest BCUT2D eigenvalue weighted by Crippen LogP contribution is 2.30. The van der Waals surface area contributed by atoms with Crippen LogP contribution in [0.2, 0.25) is 0 Å². The summed E-state index contributed by atoms with van der Waals surface area (Å²) in [6, 6.07) is 24.2. The number of piperazine rings is 1. The van der Waals surface area contributed by atoms with Gasteiger partial charge in [0.2, 0.25) is 23.7 Å². The number of hydrogen-bond donors (Lipinski definition) is 4. The van der Waals surface area contributed by atoms with Crippen LogP contribution in [0, 0.1) is 0 Å². The van der Waals surface area contributed by atoms with Gasteiger partial charge in [0.25, 0.3) is 11.8 Å². The van der Waals surface area contributed by atoms with Crippen LogP contribution in [0.15, 0.2) is 89.8 Å². The highest BCUT2D eigenvalue weighted by molar-refractivity contribution is 7.90. The molecule has 0 saturated carbocycles. The summed E-state index contributed by atoms with van der Waals surface area (Å²) in [5.74, 6) is -1.78. The first kappa shape index (κ1) is 49.6. The van der Waals surface area contributed by atoms with E-state index in [1.54, 1.807) is 47.0 Å². The smallest absolute Gasteiger partial charge is 0.262 e. The van der Waals surface area contributed by atoms with Gasteiger partial charge in [0.15, 0.2) is 15.5 Å². The first-order valence-electron chi connectivity index (χ1n) is 23.1. The zero-order valence-electron chi connectivity index (χ0n) is 38.8. The number of pyridine rings is 1. The normalized spacial score (nSPS) is 16.4. The van der Waals surface area contributed by atoms with Crippen molar-refractivity contribution in [1.29, 1.82) is 0 Å².